The van der Waals surface area contributed by atoms with Crippen LogP contribution in [-0.4, -0.2) is 6.21 Å². The number of hydrogen-bond acceptors (Lipinski definition) is 2. The van der Waals surface area contributed by atoms with Crippen molar-refractivity contribution >= 4 is 43.8 Å². The van der Waals surface area contributed by atoms with Gasteiger partial charge < -0.3 is 11.1 Å². The predicted octanol–water partition coefficient (Wildman–Crippen LogP) is 6.78. The smallest absolute Gasteiger partial charge is 0.0387 e. The van der Waals surface area contributed by atoms with Crippen molar-refractivity contribution in [2.45, 2.75) is 6.92 Å². The maximum absolute atomic E-state index is 6.90. The number of nitrogens with two attached hydrogens (primary N) is 1. The van der Waals surface area contributed by atoms with E-state index < -0.39 is 0 Å². The second kappa shape index (κ2) is 13.1. The molecular formula is C22H22Br2N2. The van der Waals surface area contributed by atoms with E-state index in [0.717, 1.165) is 14.5 Å². The Morgan fingerprint density at radius 3 is 2.12 bits per heavy atom. The van der Waals surface area contributed by atoms with Crippen LogP contribution in [0.25, 0.3) is 5.70 Å². The Hall–Kier alpha value is -2.17. The molecule has 0 saturated carbocycles. The molecule has 0 fully saturated rings. The molecule has 0 aliphatic rings. The Morgan fingerprint density at radius 1 is 0.923 bits per heavy atom. The summed E-state index contributed by atoms with van der Waals surface area (Å²) in [7, 11) is 0. The Labute approximate surface area is 172 Å². The van der Waals surface area contributed by atoms with Gasteiger partial charge in [0.15, 0.2) is 0 Å². The molecule has 0 unspecified atom stereocenters. The van der Waals surface area contributed by atoms with Crippen molar-refractivity contribution in [2.24, 2.45) is 5.73 Å². The molecule has 26 heavy (non-hydrogen) atoms. The molecule has 2 rings (SSSR count). The van der Waals surface area contributed by atoms with E-state index in [4.69, 9.17) is 11.1 Å². The normalized spacial score (nSPS) is 12.1. The van der Waals surface area contributed by atoms with Gasteiger partial charge in [0.05, 0.1) is 0 Å². The van der Waals surface area contributed by atoms with Gasteiger partial charge >= 0.3 is 0 Å². The first kappa shape index (κ1) is 21.9. The first-order chi connectivity index (χ1) is 12.5. The second-order valence-electron chi connectivity index (χ2n) is 5.25. The third-order valence-corrected chi connectivity index (χ3v) is 4.17. The topological polar surface area (TPSA) is 49.9 Å². The van der Waals surface area contributed by atoms with Crippen molar-refractivity contribution in [3.05, 3.63) is 111 Å². The Bertz CT molecular complexity index is 787. The summed E-state index contributed by atoms with van der Waals surface area (Å²) in [5, 5.41) is 6.90. The van der Waals surface area contributed by atoms with Crippen molar-refractivity contribution in [2.75, 3.05) is 0 Å². The third-order valence-electron chi connectivity index (χ3n) is 3.11. The molecule has 0 spiro atoms. The Kier molecular flexibility index (Phi) is 11.0. The van der Waals surface area contributed by atoms with Gasteiger partial charge in [0.2, 0.25) is 0 Å². The molecule has 0 amide bonds. The first-order valence-corrected chi connectivity index (χ1v) is 9.56. The fraction of sp³-hybridized carbons (Fsp3) is 0.0455. The van der Waals surface area contributed by atoms with Crippen LogP contribution in [0.2, 0.25) is 0 Å². The van der Waals surface area contributed by atoms with Gasteiger partial charge in [-0.3, -0.25) is 0 Å². The van der Waals surface area contributed by atoms with Crippen molar-refractivity contribution in [1.29, 1.82) is 5.41 Å². The van der Waals surface area contributed by atoms with E-state index in [9.17, 15) is 0 Å². The minimum Gasteiger partial charge on any atom is -0.398 e. The van der Waals surface area contributed by atoms with Gasteiger partial charge in [-0.2, -0.15) is 0 Å². The lowest BCUT2D eigenvalue weighted by Crippen LogP contribution is -1.94. The third kappa shape index (κ3) is 9.97. The lowest BCUT2D eigenvalue weighted by atomic mass is 10.1. The zero-order valence-corrected chi connectivity index (χ0v) is 17.7. The predicted molar refractivity (Wildman–Crippen MR) is 122 cm³/mol. The largest absolute Gasteiger partial charge is 0.398 e. The van der Waals surface area contributed by atoms with E-state index in [-0.39, 0.29) is 0 Å². The number of halogens is 2. The molecule has 2 aromatic rings. The van der Waals surface area contributed by atoms with Crippen molar-refractivity contribution in [1.82, 2.24) is 0 Å². The van der Waals surface area contributed by atoms with Crippen LogP contribution in [0.4, 0.5) is 0 Å². The molecule has 0 radical (unpaired) electrons. The number of hydrogen-bond donors (Lipinski definition) is 2. The van der Waals surface area contributed by atoms with Crippen LogP contribution in [0.5, 0.6) is 0 Å². The zero-order valence-electron chi connectivity index (χ0n) is 14.6. The average Bonchev–Trinajstić information content (AvgIpc) is 2.63. The highest BCUT2D eigenvalue weighted by atomic mass is 79.9. The summed E-state index contributed by atoms with van der Waals surface area (Å²) in [6.45, 7) is 2.08. The average molecular weight is 474 g/mol. The van der Waals surface area contributed by atoms with E-state index in [1.54, 1.807) is 6.08 Å². The molecule has 0 heterocycles. The SMILES string of the molecule is Cc1ccccc1.N=C\C=C(Br)/C=C\C=C\C=C(/N)c1ccc(Br)cc1. The van der Waals surface area contributed by atoms with Crippen LogP contribution in [0.15, 0.2) is 100 Å². The molecular weight excluding hydrogens is 452 g/mol. The van der Waals surface area contributed by atoms with Gasteiger partial charge in [-0.1, -0.05) is 98.1 Å². The fourth-order valence-corrected chi connectivity index (χ4v) is 2.33. The molecule has 134 valence electrons. The van der Waals surface area contributed by atoms with Crippen LogP contribution in [-0.2, 0) is 0 Å². The van der Waals surface area contributed by atoms with Gasteiger partial charge in [-0.25, -0.2) is 0 Å². The molecule has 2 aromatic carbocycles. The minimum absolute atomic E-state index is 0.714. The lowest BCUT2D eigenvalue weighted by Gasteiger charge is -1.99. The van der Waals surface area contributed by atoms with Crippen LogP contribution in [0.1, 0.15) is 11.1 Å². The molecule has 0 aliphatic carbocycles. The molecule has 0 atom stereocenters. The van der Waals surface area contributed by atoms with Gasteiger partial charge in [0, 0.05) is 20.9 Å². The van der Waals surface area contributed by atoms with E-state index in [2.05, 4.69) is 50.9 Å². The summed E-state index contributed by atoms with van der Waals surface area (Å²) in [6.07, 6.45) is 12.2. The highest BCUT2D eigenvalue weighted by molar-refractivity contribution is 9.12. The molecule has 4 heteroatoms. The lowest BCUT2D eigenvalue weighted by molar-refractivity contribution is 1.48. The van der Waals surface area contributed by atoms with E-state index >= 15 is 0 Å². The van der Waals surface area contributed by atoms with E-state index in [1.165, 1.54) is 11.8 Å². The number of aryl methyl sites for hydroxylation is 1. The molecule has 3 N–H and O–H groups in total. The summed E-state index contributed by atoms with van der Waals surface area (Å²) < 4.78 is 1.88. The number of nitrogens with one attached hydrogen (secondary N) is 1. The highest BCUT2D eigenvalue weighted by Crippen LogP contribution is 2.14. The molecule has 0 aromatic heterocycles. The summed E-state index contributed by atoms with van der Waals surface area (Å²) in [6, 6.07) is 18.1. The molecule has 0 saturated heterocycles. The minimum atomic E-state index is 0.714. The summed E-state index contributed by atoms with van der Waals surface area (Å²) >= 11 is 6.69. The summed E-state index contributed by atoms with van der Waals surface area (Å²) in [4.78, 5) is 0. The van der Waals surface area contributed by atoms with Crippen molar-refractivity contribution in [3.63, 3.8) is 0 Å². The van der Waals surface area contributed by atoms with Crippen molar-refractivity contribution in [3.8, 4) is 0 Å². The van der Waals surface area contributed by atoms with Crippen LogP contribution < -0.4 is 5.73 Å². The van der Waals surface area contributed by atoms with Crippen molar-refractivity contribution < 1.29 is 0 Å². The fourth-order valence-electron chi connectivity index (χ4n) is 1.78. The number of rotatable bonds is 5. The summed E-state index contributed by atoms with van der Waals surface area (Å²) in [5.41, 5.74) is 8.98. The number of benzene rings is 2. The van der Waals surface area contributed by atoms with Crippen LogP contribution >= 0.6 is 31.9 Å². The van der Waals surface area contributed by atoms with Crippen LogP contribution in [0, 0.1) is 12.3 Å². The number of allylic oxidation sites excluding steroid dienone is 7. The highest BCUT2D eigenvalue weighted by Gasteiger charge is 1.93. The van der Waals surface area contributed by atoms with E-state index in [1.807, 2.05) is 72.8 Å². The Balaban J connectivity index is 0.000000401. The standard InChI is InChI=1S/C15H14Br2N2.C7H8/c16-13(10-11-18)4-2-1-3-5-15(19)12-6-8-14(17)9-7-12;1-7-5-3-2-4-6-7/h1-11,18H,19H2;2-6H,1H3/b3-1+,4-2-,13-10+,15-5-,18-11?;. The maximum Gasteiger partial charge on any atom is 0.0387 e. The van der Waals surface area contributed by atoms with Gasteiger partial charge in [0.25, 0.3) is 0 Å². The zero-order chi connectivity index (χ0) is 19.2. The molecule has 2 nitrogen and oxygen atoms in total. The van der Waals surface area contributed by atoms with E-state index in [0.29, 0.717) is 5.70 Å². The maximum atomic E-state index is 6.90. The molecule has 0 bridgehead atoms. The summed E-state index contributed by atoms with van der Waals surface area (Å²) in [5.74, 6) is 0. The van der Waals surface area contributed by atoms with Crippen LogP contribution in [0.3, 0.4) is 0 Å². The molecule has 0 aliphatic heterocycles. The second-order valence-corrected chi connectivity index (χ2v) is 7.08. The van der Waals surface area contributed by atoms with Gasteiger partial charge in [-0.05, 0) is 42.8 Å². The van der Waals surface area contributed by atoms with Gasteiger partial charge in [-0.15, -0.1) is 0 Å². The monoisotopic (exact) mass is 472 g/mol. The quantitative estimate of drug-likeness (QED) is 0.364. The first-order valence-electron chi connectivity index (χ1n) is 7.97. The Morgan fingerprint density at radius 2 is 1.58 bits per heavy atom. The van der Waals surface area contributed by atoms with Gasteiger partial charge in [0.1, 0.15) is 0 Å².